The third-order valence-corrected chi connectivity index (χ3v) is 3.24. The Morgan fingerprint density at radius 2 is 1.89 bits per heavy atom. The number of anilines is 1. The zero-order valence-electron chi connectivity index (χ0n) is 9.76. The van der Waals surface area contributed by atoms with Crippen molar-refractivity contribution in [3.05, 3.63) is 34.6 Å². The molecule has 0 amide bonds. The Morgan fingerprint density at radius 3 is 2.56 bits per heavy atom. The minimum absolute atomic E-state index is 0.179. The van der Waals surface area contributed by atoms with Gasteiger partial charge in [-0.25, -0.2) is 0 Å². The van der Waals surface area contributed by atoms with E-state index in [1.165, 1.54) is 11.8 Å². The average molecular weight is 301 g/mol. The highest BCUT2D eigenvalue weighted by Crippen LogP contribution is 2.28. The largest absolute Gasteiger partial charge is 0.347 e. The van der Waals surface area contributed by atoms with Crippen LogP contribution in [0.2, 0.25) is 10.3 Å². The molecule has 0 saturated carbocycles. The molecule has 0 unspecified atom stereocenters. The van der Waals surface area contributed by atoms with Gasteiger partial charge in [-0.15, -0.1) is 0 Å². The zero-order chi connectivity index (χ0) is 13.1. The highest BCUT2D eigenvalue weighted by molar-refractivity contribution is 7.99. The SMILES string of the molecule is CN(C)c1nc(Cl)nc(Sc2cccc(Cl)c2)n1. The van der Waals surface area contributed by atoms with Crippen LogP contribution in [-0.2, 0) is 0 Å². The fourth-order valence-electron chi connectivity index (χ4n) is 1.20. The van der Waals surface area contributed by atoms with Crippen LogP contribution in [-0.4, -0.2) is 29.0 Å². The summed E-state index contributed by atoms with van der Waals surface area (Å²) in [7, 11) is 3.69. The molecule has 0 N–H and O–H groups in total. The Kier molecular flexibility index (Phi) is 4.27. The van der Waals surface area contributed by atoms with E-state index >= 15 is 0 Å². The Labute approximate surface area is 119 Å². The number of nitrogens with zero attached hydrogens (tertiary/aromatic N) is 4. The third kappa shape index (κ3) is 3.48. The van der Waals surface area contributed by atoms with E-state index in [0.717, 1.165) is 4.90 Å². The molecule has 2 aromatic rings. The quantitative estimate of drug-likeness (QED) is 0.869. The van der Waals surface area contributed by atoms with E-state index in [4.69, 9.17) is 23.2 Å². The maximum absolute atomic E-state index is 5.92. The lowest BCUT2D eigenvalue weighted by atomic mass is 10.4. The normalized spacial score (nSPS) is 10.4. The van der Waals surface area contributed by atoms with E-state index in [1.807, 2.05) is 38.4 Å². The second-order valence-corrected chi connectivity index (χ2v) is 5.46. The number of rotatable bonds is 3. The van der Waals surface area contributed by atoms with E-state index in [-0.39, 0.29) is 5.28 Å². The van der Waals surface area contributed by atoms with Crippen LogP contribution in [0.4, 0.5) is 5.95 Å². The summed E-state index contributed by atoms with van der Waals surface area (Å²) in [6.45, 7) is 0. The molecule has 0 bridgehead atoms. The molecule has 0 saturated heterocycles. The smallest absolute Gasteiger partial charge is 0.230 e. The standard InChI is InChI=1S/C11H10Cl2N4S/c1-17(2)10-14-9(13)15-11(16-10)18-8-5-3-4-7(12)6-8/h3-6H,1-2H3. The highest BCUT2D eigenvalue weighted by atomic mass is 35.5. The maximum Gasteiger partial charge on any atom is 0.230 e. The van der Waals surface area contributed by atoms with Crippen molar-refractivity contribution in [3.63, 3.8) is 0 Å². The van der Waals surface area contributed by atoms with Crippen molar-refractivity contribution < 1.29 is 0 Å². The molecule has 4 nitrogen and oxygen atoms in total. The van der Waals surface area contributed by atoms with Gasteiger partial charge >= 0.3 is 0 Å². The van der Waals surface area contributed by atoms with Crippen LogP contribution in [0.3, 0.4) is 0 Å². The van der Waals surface area contributed by atoms with Crippen LogP contribution in [0, 0.1) is 0 Å². The van der Waals surface area contributed by atoms with Crippen molar-refractivity contribution in [3.8, 4) is 0 Å². The van der Waals surface area contributed by atoms with Gasteiger partial charge in [-0.05, 0) is 41.6 Å². The number of benzene rings is 1. The second kappa shape index (κ2) is 5.73. The van der Waals surface area contributed by atoms with Gasteiger partial charge in [0.05, 0.1) is 0 Å². The van der Waals surface area contributed by atoms with Gasteiger partial charge in [0.2, 0.25) is 11.2 Å². The summed E-state index contributed by atoms with van der Waals surface area (Å²) in [5, 5.41) is 1.40. The van der Waals surface area contributed by atoms with E-state index < -0.39 is 0 Å². The molecule has 1 heterocycles. The Bertz CT molecular complexity index is 562. The lowest BCUT2D eigenvalue weighted by Crippen LogP contribution is -2.13. The molecular weight excluding hydrogens is 291 g/mol. The van der Waals surface area contributed by atoms with E-state index in [0.29, 0.717) is 16.1 Å². The lowest BCUT2D eigenvalue weighted by Gasteiger charge is -2.10. The van der Waals surface area contributed by atoms with Crippen LogP contribution in [0.15, 0.2) is 34.3 Å². The van der Waals surface area contributed by atoms with Crippen molar-refractivity contribution in [2.24, 2.45) is 0 Å². The van der Waals surface area contributed by atoms with Gasteiger partial charge in [-0.2, -0.15) is 15.0 Å². The van der Waals surface area contributed by atoms with Crippen molar-refractivity contribution >= 4 is 40.9 Å². The molecule has 0 fully saturated rings. The first-order chi connectivity index (χ1) is 8.54. The van der Waals surface area contributed by atoms with Gasteiger partial charge in [-0.3, -0.25) is 0 Å². The first-order valence-corrected chi connectivity index (χ1v) is 6.64. The molecule has 94 valence electrons. The average Bonchev–Trinajstić information content (AvgIpc) is 2.28. The molecule has 1 aromatic heterocycles. The summed E-state index contributed by atoms with van der Waals surface area (Å²) in [5.74, 6) is 0.527. The molecule has 0 atom stereocenters. The molecule has 7 heteroatoms. The summed E-state index contributed by atoms with van der Waals surface area (Å²) in [6, 6.07) is 7.47. The van der Waals surface area contributed by atoms with Crippen LogP contribution in [0.5, 0.6) is 0 Å². The Hall–Kier alpha value is -1.04. The molecule has 0 aliphatic rings. The summed E-state index contributed by atoms with van der Waals surface area (Å²) < 4.78 is 0. The Morgan fingerprint density at radius 1 is 1.11 bits per heavy atom. The number of hydrogen-bond donors (Lipinski definition) is 0. The van der Waals surface area contributed by atoms with Crippen molar-refractivity contribution in [2.75, 3.05) is 19.0 Å². The van der Waals surface area contributed by atoms with Crippen LogP contribution in [0.1, 0.15) is 0 Å². The van der Waals surface area contributed by atoms with E-state index in [2.05, 4.69) is 15.0 Å². The monoisotopic (exact) mass is 300 g/mol. The molecule has 1 aromatic carbocycles. The van der Waals surface area contributed by atoms with E-state index in [9.17, 15) is 0 Å². The molecule has 18 heavy (non-hydrogen) atoms. The van der Waals surface area contributed by atoms with Gasteiger partial charge < -0.3 is 4.90 Å². The molecule has 0 spiro atoms. The first-order valence-electron chi connectivity index (χ1n) is 5.07. The van der Waals surface area contributed by atoms with Crippen molar-refractivity contribution in [1.29, 1.82) is 0 Å². The summed E-state index contributed by atoms with van der Waals surface area (Å²) >= 11 is 13.2. The molecular formula is C11H10Cl2N4S. The van der Waals surface area contributed by atoms with Gasteiger partial charge in [-0.1, -0.05) is 17.7 Å². The van der Waals surface area contributed by atoms with Crippen molar-refractivity contribution in [2.45, 2.75) is 10.1 Å². The van der Waals surface area contributed by atoms with Crippen molar-refractivity contribution in [1.82, 2.24) is 15.0 Å². The predicted octanol–water partition coefficient (Wildman–Crippen LogP) is 3.40. The summed E-state index contributed by atoms with van der Waals surface area (Å²) in [5.41, 5.74) is 0. The third-order valence-electron chi connectivity index (χ3n) is 1.98. The van der Waals surface area contributed by atoms with Gasteiger partial charge in [0.15, 0.2) is 5.16 Å². The molecule has 2 rings (SSSR count). The minimum atomic E-state index is 0.179. The minimum Gasteiger partial charge on any atom is -0.347 e. The van der Waals surface area contributed by atoms with Gasteiger partial charge in [0.1, 0.15) is 0 Å². The Balaban J connectivity index is 2.29. The van der Waals surface area contributed by atoms with Crippen LogP contribution >= 0.6 is 35.0 Å². The number of hydrogen-bond acceptors (Lipinski definition) is 5. The zero-order valence-corrected chi connectivity index (χ0v) is 12.1. The molecule has 0 aliphatic carbocycles. The first kappa shape index (κ1) is 13.4. The number of aromatic nitrogens is 3. The topological polar surface area (TPSA) is 41.9 Å². The van der Waals surface area contributed by atoms with Gasteiger partial charge in [0, 0.05) is 24.0 Å². The van der Waals surface area contributed by atoms with Crippen LogP contribution < -0.4 is 4.90 Å². The van der Waals surface area contributed by atoms with E-state index in [1.54, 1.807) is 4.90 Å². The predicted molar refractivity (Wildman–Crippen MR) is 74.7 cm³/mol. The maximum atomic E-state index is 5.92. The summed E-state index contributed by atoms with van der Waals surface area (Å²) in [6.07, 6.45) is 0. The fraction of sp³-hybridized carbons (Fsp3) is 0.182. The van der Waals surface area contributed by atoms with Gasteiger partial charge in [0.25, 0.3) is 0 Å². The molecule has 0 radical (unpaired) electrons. The fourth-order valence-corrected chi connectivity index (χ4v) is 2.47. The summed E-state index contributed by atoms with van der Waals surface area (Å²) in [4.78, 5) is 15.1. The lowest BCUT2D eigenvalue weighted by molar-refractivity contribution is 0.866. The van der Waals surface area contributed by atoms with Crippen LogP contribution in [0.25, 0.3) is 0 Å². The highest BCUT2D eigenvalue weighted by Gasteiger charge is 2.08. The second-order valence-electron chi connectivity index (χ2n) is 3.64. The number of halogens is 2. The molecule has 0 aliphatic heterocycles.